The Hall–Kier alpha value is -0.390. The molecule has 0 aromatic carbocycles. The molecule has 1 fully saturated rings. The lowest BCUT2D eigenvalue weighted by molar-refractivity contribution is 0.214. The molecule has 3 N–H and O–H groups in total. The van der Waals surface area contributed by atoms with Crippen LogP contribution >= 0.6 is 24.8 Å². The van der Waals surface area contributed by atoms with Crippen LogP contribution in [-0.4, -0.2) is 40.7 Å². The van der Waals surface area contributed by atoms with Crippen molar-refractivity contribution in [1.82, 2.24) is 9.88 Å². The first-order chi connectivity index (χ1) is 7.29. The molecule has 2 atom stereocenters. The molecule has 1 saturated heterocycles. The largest absolute Gasteiger partial charge is 0.396 e. The number of aliphatic hydroxyl groups is 1. The normalized spacial score (nSPS) is 23.9. The fraction of sp³-hybridized carbons (Fsp3) is 0.545. The highest BCUT2D eigenvalue weighted by Gasteiger charge is 2.29. The molecule has 0 radical (unpaired) electrons. The van der Waals surface area contributed by atoms with Gasteiger partial charge in [-0.05, 0) is 12.1 Å². The maximum atomic E-state index is 9.10. The van der Waals surface area contributed by atoms with Crippen molar-refractivity contribution in [1.29, 1.82) is 0 Å². The summed E-state index contributed by atoms with van der Waals surface area (Å²) in [6.45, 7) is 2.72. The van der Waals surface area contributed by atoms with Crippen molar-refractivity contribution in [2.24, 2.45) is 11.7 Å². The van der Waals surface area contributed by atoms with E-state index in [1.54, 1.807) is 6.20 Å². The molecular formula is C11H19Cl2N3O. The molecule has 17 heavy (non-hydrogen) atoms. The van der Waals surface area contributed by atoms with Gasteiger partial charge in [-0.1, -0.05) is 6.07 Å². The minimum Gasteiger partial charge on any atom is -0.396 e. The van der Waals surface area contributed by atoms with E-state index in [4.69, 9.17) is 10.8 Å². The van der Waals surface area contributed by atoms with E-state index >= 15 is 0 Å². The molecule has 1 aliphatic rings. The van der Waals surface area contributed by atoms with Gasteiger partial charge in [0.1, 0.15) is 0 Å². The van der Waals surface area contributed by atoms with E-state index in [0.29, 0.717) is 0 Å². The summed E-state index contributed by atoms with van der Waals surface area (Å²) in [5.41, 5.74) is 6.97. The third kappa shape index (κ3) is 4.41. The van der Waals surface area contributed by atoms with Crippen LogP contribution in [0.3, 0.4) is 0 Å². The first-order valence-corrected chi connectivity index (χ1v) is 5.28. The van der Waals surface area contributed by atoms with Crippen molar-refractivity contribution in [2.75, 3.05) is 19.7 Å². The van der Waals surface area contributed by atoms with Gasteiger partial charge in [0.2, 0.25) is 0 Å². The molecule has 4 nitrogen and oxygen atoms in total. The predicted molar refractivity (Wildman–Crippen MR) is 72.6 cm³/mol. The molecule has 98 valence electrons. The third-order valence-electron chi connectivity index (χ3n) is 2.91. The van der Waals surface area contributed by atoms with Crippen molar-refractivity contribution < 1.29 is 5.11 Å². The molecule has 1 aromatic rings. The summed E-state index contributed by atoms with van der Waals surface area (Å²) in [7, 11) is 0. The van der Waals surface area contributed by atoms with Crippen LogP contribution in [0.1, 0.15) is 5.69 Å². The van der Waals surface area contributed by atoms with Gasteiger partial charge in [-0.15, -0.1) is 24.8 Å². The van der Waals surface area contributed by atoms with Gasteiger partial charge in [0.25, 0.3) is 0 Å². The van der Waals surface area contributed by atoms with Crippen molar-refractivity contribution in [3.05, 3.63) is 30.1 Å². The quantitative estimate of drug-likeness (QED) is 0.854. The summed E-state index contributed by atoms with van der Waals surface area (Å²) in [5, 5.41) is 9.10. The van der Waals surface area contributed by atoms with Gasteiger partial charge in [-0.3, -0.25) is 9.88 Å². The van der Waals surface area contributed by atoms with Crippen LogP contribution in [0.25, 0.3) is 0 Å². The number of hydrogen-bond donors (Lipinski definition) is 2. The third-order valence-corrected chi connectivity index (χ3v) is 2.91. The Kier molecular flexibility index (Phi) is 7.66. The molecule has 2 unspecified atom stereocenters. The summed E-state index contributed by atoms with van der Waals surface area (Å²) in [6, 6.07) is 6.01. The summed E-state index contributed by atoms with van der Waals surface area (Å²) in [6.07, 6.45) is 1.80. The number of aromatic nitrogens is 1. The topological polar surface area (TPSA) is 62.4 Å². The van der Waals surface area contributed by atoms with Gasteiger partial charge in [0, 0.05) is 44.4 Å². The van der Waals surface area contributed by atoms with E-state index in [-0.39, 0.29) is 43.4 Å². The van der Waals surface area contributed by atoms with Crippen molar-refractivity contribution in [3.8, 4) is 0 Å². The second-order valence-corrected chi connectivity index (χ2v) is 4.12. The Morgan fingerprint density at radius 2 is 2.12 bits per heavy atom. The number of pyridine rings is 1. The molecule has 2 heterocycles. The first-order valence-electron chi connectivity index (χ1n) is 5.28. The zero-order valence-corrected chi connectivity index (χ0v) is 11.2. The molecule has 0 bridgehead atoms. The van der Waals surface area contributed by atoms with Gasteiger partial charge in [-0.25, -0.2) is 0 Å². The number of likely N-dealkylation sites (tertiary alicyclic amines) is 1. The maximum Gasteiger partial charge on any atom is 0.0543 e. The maximum absolute atomic E-state index is 9.10. The molecule has 1 aromatic heterocycles. The van der Waals surface area contributed by atoms with Crippen LogP contribution in [0, 0.1) is 5.92 Å². The summed E-state index contributed by atoms with van der Waals surface area (Å²) in [5.74, 6) is 0.216. The lowest BCUT2D eigenvalue weighted by Crippen LogP contribution is -2.31. The van der Waals surface area contributed by atoms with Crippen LogP contribution in [0.5, 0.6) is 0 Å². The number of nitrogens with two attached hydrogens (primary N) is 1. The van der Waals surface area contributed by atoms with E-state index in [9.17, 15) is 0 Å². The number of nitrogens with zero attached hydrogens (tertiary/aromatic N) is 2. The molecule has 2 rings (SSSR count). The standard InChI is InChI=1S/C11H17N3O.2ClH/c12-11-7-14(5-9(11)8-15)6-10-3-1-2-4-13-10;;/h1-4,9,11,15H,5-8,12H2;2*1H. The van der Waals surface area contributed by atoms with Gasteiger partial charge < -0.3 is 10.8 Å². The first kappa shape index (κ1) is 16.6. The minimum absolute atomic E-state index is 0. The van der Waals surface area contributed by atoms with Gasteiger partial charge in [0.15, 0.2) is 0 Å². The van der Waals surface area contributed by atoms with Crippen molar-refractivity contribution in [3.63, 3.8) is 0 Å². The molecular weight excluding hydrogens is 261 g/mol. The fourth-order valence-corrected chi connectivity index (χ4v) is 2.03. The van der Waals surface area contributed by atoms with Gasteiger partial charge in [0.05, 0.1) is 5.69 Å². The molecule has 0 saturated carbocycles. The highest BCUT2D eigenvalue weighted by atomic mass is 35.5. The zero-order valence-electron chi connectivity index (χ0n) is 9.53. The smallest absolute Gasteiger partial charge is 0.0543 e. The van der Waals surface area contributed by atoms with Gasteiger partial charge in [-0.2, -0.15) is 0 Å². The number of aliphatic hydroxyl groups excluding tert-OH is 1. The Morgan fingerprint density at radius 3 is 2.65 bits per heavy atom. The molecule has 1 aliphatic heterocycles. The summed E-state index contributed by atoms with van der Waals surface area (Å²) < 4.78 is 0. The zero-order chi connectivity index (χ0) is 10.7. The SMILES string of the molecule is Cl.Cl.NC1CN(Cc2ccccn2)CC1CO. The lowest BCUT2D eigenvalue weighted by atomic mass is 10.1. The monoisotopic (exact) mass is 279 g/mol. The van der Waals surface area contributed by atoms with Crippen LogP contribution in [0.15, 0.2) is 24.4 Å². The highest BCUT2D eigenvalue weighted by molar-refractivity contribution is 5.85. The minimum atomic E-state index is 0. The second kappa shape index (κ2) is 7.84. The molecule has 0 spiro atoms. The van der Waals surface area contributed by atoms with E-state index in [1.807, 2.05) is 18.2 Å². The summed E-state index contributed by atoms with van der Waals surface area (Å²) in [4.78, 5) is 6.52. The molecule has 0 aliphatic carbocycles. The number of hydrogen-bond acceptors (Lipinski definition) is 4. The van der Waals surface area contributed by atoms with Crippen LogP contribution in [0.4, 0.5) is 0 Å². The fourth-order valence-electron chi connectivity index (χ4n) is 2.03. The second-order valence-electron chi connectivity index (χ2n) is 4.12. The Labute approximate surface area is 114 Å². The van der Waals surface area contributed by atoms with E-state index in [2.05, 4.69) is 9.88 Å². The van der Waals surface area contributed by atoms with Crippen molar-refractivity contribution in [2.45, 2.75) is 12.6 Å². The predicted octanol–water partition coefficient (Wildman–Crippen LogP) is 0.677. The van der Waals surface area contributed by atoms with Crippen LogP contribution in [0.2, 0.25) is 0 Å². The Morgan fingerprint density at radius 1 is 1.35 bits per heavy atom. The van der Waals surface area contributed by atoms with E-state index in [0.717, 1.165) is 25.3 Å². The van der Waals surface area contributed by atoms with E-state index < -0.39 is 0 Å². The summed E-state index contributed by atoms with van der Waals surface area (Å²) >= 11 is 0. The van der Waals surface area contributed by atoms with Crippen molar-refractivity contribution >= 4 is 24.8 Å². The lowest BCUT2D eigenvalue weighted by Gasteiger charge is -2.14. The Bertz CT molecular complexity index is 313. The van der Waals surface area contributed by atoms with Crippen LogP contribution < -0.4 is 5.73 Å². The number of rotatable bonds is 3. The Balaban J connectivity index is 0.00000128. The molecule has 6 heteroatoms. The van der Waals surface area contributed by atoms with Gasteiger partial charge >= 0.3 is 0 Å². The average molecular weight is 280 g/mol. The van der Waals surface area contributed by atoms with Crippen LogP contribution in [-0.2, 0) is 6.54 Å². The number of halogens is 2. The van der Waals surface area contributed by atoms with E-state index in [1.165, 1.54) is 0 Å². The molecule has 0 amide bonds. The highest BCUT2D eigenvalue weighted by Crippen LogP contribution is 2.16. The average Bonchev–Trinajstić information content (AvgIpc) is 2.60.